The minimum absolute atomic E-state index is 0.177. The average Bonchev–Trinajstić information content (AvgIpc) is 2.23. The molecule has 104 valence electrons. The summed E-state index contributed by atoms with van der Waals surface area (Å²) in [5.74, 6) is 1.48. The van der Waals surface area contributed by atoms with E-state index in [1.807, 2.05) is 0 Å². The Morgan fingerprint density at radius 3 is 1.82 bits per heavy atom. The largest absolute Gasteiger partial charge is 0.229 e. The van der Waals surface area contributed by atoms with Gasteiger partial charge in [-0.1, -0.05) is 13.8 Å². The Morgan fingerprint density at radius 1 is 1.06 bits per heavy atom. The van der Waals surface area contributed by atoms with E-state index in [0.29, 0.717) is 24.1 Å². The van der Waals surface area contributed by atoms with Gasteiger partial charge in [0, 0.05) is 11.8 Å². The third-order valence-electron chi connectivity index (χ3n) is 3.04. The molecule has 5 heteroatoms. The van der Waals surface area contributed by atoms with E-state index in [0.717, 1.165) is 6.42 Å². The molecule has 0 aromatic heterocycles. The smallest absolute Gasteiger partial charge is 0.152 e. The molecule has 0 fully saturated rings. The minimum Gasteiger partial charge on any atom is -0.229 e. The molecule has 0 saturated heterocycles. The van der Waals surface area contributed by atoms with Gasteiger partial charge in [0.2, 0.25) is 0 Å². The van der Waals surface area contributed by atoms with E-state index >= 15 is 0 Å². The summed E-state index contributed by atoms with van der Waals surface area (Å²) in [5.41, 5.74) is -0.251. The molecule has 0 aromatic rings. The van der Waals surface area contributed by atoms with E-state index in [1.165, 1.54) is 0 Å². The molecule has 17 heavy (non-hydrogen) atoms. The van der Waals surface area contributed by atoms with E-state index < -0.39 is 9.84 Å². The molecule has 0 aliphatic heterocycles. The fraction of sp³-hybridized carbons (Fsp3) is 1.00. The van der Waals surface area contributed by atoms with Crippen LogP contribution in [0.1, 0.15) is 40.5 Å². The lowest BCUT2D eigenvalue weighted by atomic mass is 9.81. The summed E-state index contributed by atoms with van der Waals surface area (Å²) in [7, 11) is -3.00. The zero-order valence-electron chi connectivity index (χ0n) is 11.2. The summed E-state index contributed by atoms with van der Waals surface area (Å²) in [4.78, 5) is 0. The predicted molar refractivity (Wildman–Crippen MR) is 76.9 cm³/mol. The number of sulfone groups is 1. The maximum atomic E-state index is 11.8. The van der Waals surface area contributed by atoms with Crippen LogP contribution in [-0.4, -0.2) is 31.2 Å². The molecule has 0 atom stereocenters. The van der Waals surface area contributed by atoms with Gasteiger partial charge in [-0.2, -0.15) is 0 Å². The molecule has 0 aliphatic carbocycles. The van der Waals surface area contributed by atoms with Crippen molar-refractivity contribution in [2.24, 2.45) is 11.3 Å². The van der Waals surface area contributed by atoms with Gasteiger partial charge in [-0.15, -0.1) is 23.2 Å². The van der Waals surface area contributed by atoms with Crippen LogP contribution in [0.15, 0.2) is 0 Å². The van der Waals surface area contributed by atoms with E-state index in [1.54, 1.807) is 13.8 Å². The second-order valence-corrected chi connectivity index (χ2v) is 8.74. The van der Waals surface area contributed by atoms with Gasteiger partial charge in [0.15, 0.2) is 9.84 Å². The van der Waals surface area contributed by atoms with Gasteiger partial charge >= 0.3 is 0 Å². The summed E-state index contributed by atoms with van der Waals surface area (Å²) in [6, 6.07) is 0. The van der Waals surface area contributed by atoms with Crippen molar-refractivity contribution in [3.63, 3.8) is 0 Å². The van der Waals surface area contributed by atoms with Crippen LogP contribution in [0.5, 0.6) is 0 Å². The molecular formula is C12H24Cl2O2S. The SMILES string of the molecule is CC(C)CC(CCl)(CCl)CCS(=O)(=O)C(C)C. The van der Waals surface area contributed by atoms with Crippen molar-refractivity contribution in [1.82, 2.24) is 0 Å². The van der Waals surface area contributed by atoms with Crippen molar-refractivity contribution in [2.45, 2.75) is 45.8 Å². The molecule has 0 saturated carbocycles. The molecule has 0 aliphatic rings. The Labute approximate surface area is 116 Å². The summed E-state index contributed by atoms with van der Waals surface area (Å²) in [6.07, 6.45) is 1.42. The summed E-state index contributed by atoms with van der Waals surface area (Å²) >= 11 is 12.0. The maximum absolute atomic E-state index is 11.8. The highest BCUT2D eigenvalue weighted by Crippen LogP contribution is 2.34. The highest BCUT2D eigenvalue weighted by molar-refractivity contribution is 7.91. The summed E-state index contributed by atoms with van der Waals surface area (Å²) < 4.78 is 23.6. The van der Waals surface area contributed by atoms with Crippen molar-refractivity contribution in [3.05, 3.63) is 0 Å². The van der Waals surface area contributed by atoms with Crippen LogP contribution in [0.3, 0.4) is 0 Å². The quantitative estimate of drug-likeness (QED) is 0.641. The zero-order valence-corrected chi connectivity index (χ0v) is 13.5. The Bertz CT molecular complexity index is 306. The normalized spacial score (nSPS) is 13.6. The number of hydrogen-bond acceptors (Lipinski definition) is 2. The Kier molecular flexibility index (Phi) is 7.43. The highest BCUT2D eigenvalue weighted by atomic mass is 35.5. The van der Waals surface area contributed by atoms with Crippen molar-refractivity contribution >= 4 is 33.0 Å². The Morgan fingerprint density at radius 2 is 1.53 bits per heavy atom. The molecule has 0 radical (unpaired) electrons. The first-order chi connectivity index (χ1) is 7.69. The van der Waals surface area contributed by atoms with Gasteiger partial charge in [-0.05, 0) is 38.0 Å². The van der Waals surface area contributed by atoms with Gasteiger partial charge in [0.1, 0.15) is 0 Å². The molecule has 0 spiro atoms. The van der Waals surface area contributed by atoms with E-state index in [-0.39, 0.29) is 16.4 Å². The van der Waals surface area contributed by atoms with E-state index in [4.69, 9.17) is 23.2 Å². The fourth-order valence-corrected chi connectivity index (χ4v) is 3.80. The average molecular weight is 303 g/mol. The number of rotatable bonds is 8. The molecular weight excluding hydrogens is 279 g/mol. The van der Waals surface area contributed by atoms with Crippen LogP contribution in [0.25, 0.3) is 0 Å². The number of hydrogen-bond donors (Lipinski definition) is 0. The van der Waals surface area contributed by atoms with Crippen LogP contribution in [0, 0.1) is 11.3 Å². The molecule has 0 rings (SSSR count). The van der Waals surface area contributed by atoms with Gasteiger partial charge < -0.3 is 0 Å². The first-order valence-corrected chi connectivity index (χ1v) is 8.81. The lowest BCUT2D eigenvalue weighted by molar-refractivity contribution is 0.288. The molecule has 0 aromatic carbocycles. The van der Waals surface area contributed by atoms with Crippen LogP contribution in [-0.2, 0) is 9.84 Å². The van der Waals surface area contributed by atoms with Crippen molar-refractivity contribution in [3.8, 4) is 0 Å². The Hall–Kier alpha value is 0.530. The Balaban J connectivity index is 4.68. The third kappa shape index (κ3) is 5.80. The van der Waals surface area contributed by atoms with Gasteiger partial charge in [-0.3, -0.25) is 0 Å². The summed E-state index contributed by atoms with van der Waals surface area (Å²) in [5, 5.41) is -0.329. The first-order valence-electron chi connectivity index (χ1n) is 6.02. The molecule has 0 amide bonds. The monoisotopic (exact) mass is 302 g/mol. The van der Waals surface area contributed by atoms with Crippen LogP contribution >= 0.6 is 23.2 Å². The van der Waals surface area contributed by atoms with Gasteiger partial charge in [-0.25, -0.2) is 8.42 Å². The van der Waals surface area contributed by atoms with Gasteiger partial charge in [0.05, 0.1) is 11.0 Å². The lowest BCUT2D eigenvalue weighted by Gasteiger charge is -2.31. The van der Waals surface area contributed by atoms with Crippen molar-refractivity contribution < 1.29 is 8.42 Å². The van der Waals surface area contributed by atoms with Crippen LogP contribution in [0.2, 0.25) is 0 Å². The molecule has 2 nitrogen and oxygen atoms in total. The zero-order chi connectivity index (χ0) is 13.7. The summed E-state index contributed by atoms with van der Waals surface area (Å²) in [6.45, 7) is 7.62. The predicted octanol–water partition coefficient (Wildman–Crippen LogP) is 3.71. The lowest BCUT2D eigenvalue weighted by Crippen LogP contribution is -2.31. The van der Waals surface area contributed by atoms with Crippen LogP contribution in [0.4, 0.5) is 0 Å². The number of alkyl halides is 2. The van der Waals surface area contributed by atoms with Crippen molar-refractivity contribution in [2.75, 3.05) is 17.5 Å². The standard InChI is InChI=1S/C12H24Cl2O2S/c1-10(2)7-12(8-13,9-14)5-6-17(15,16)11(3)4/h10-11H,5-9H2,1-4H3. The molecule has 0 heterocycles. The van der Waals surface area contributed by atoms with E-state index in [2.05, 4.69) is 13.8 Å². The fourth-order valence-electron chi connectivity index (χ4n) is 1.84. The van der Waals surface area contributed by atoms with E-state index in [9.17, 15) is 8.42 Å². The topological polar surface area (TPSA) is 34.1 Å². The van der Waals surface area contributed by atoms with Crippen LogP contribution < -0.4 is 0 Å². The third-order valence-corrected chi connectivity index (χ3v) is 6.39. The second kappa shape index (κ2) is 7.20. The first kappa shape index (κ1) is 17.5. The van der Waals surface area contributed by atoms with Crippen molar-refractivity contribution in [1.29, 1.82) is 0 Å². The second-order valence-electron chi connectivity index (χ2n) is 5.53. The minimum atomic E-state index is -3.00. The highest BCUT2D eigenvalue weighted by Gasteiger charge is 2.31. The molecule has 0 N–H and O–H groups in total. The number of halogens is 2. The molecule has 0 bridgehead atoms. The van der Waals surface area contributed by atoms with Gasteiger partial charge in [0.25, 0.3) is 0 Å². The molecule has 0 unspecified atom stereocenters. The maximum Gasteiger partial charge on any atom is 0.152 e.